The SMILES string of the molecule is Cc1ccccc1Sc1cccc(CN)c1. The molecule has 2 heteroatoms. The van der Waals surface area contributed by atoms with Gasteiger partial charge in [-0.05, 0) is 36.2 Å². The van der Waals surface area contributed by atoms with E-state index in [2.05, 4.69) is 55.5 Å². The average molecular weight is 229 g/mol. The topological polar surface area (TPSA) is 26.0 Å². The van der Waals surface area contributed by atoms with E-state index in [1.165, 1.54) is 20.9 Å². The predicted octanol–water partition coefficient (Wildman–Crippen LogP) is 3.60. The van der Waals surface area contributed by atoms with Crippen molar-refractivity contribution < 1.29 is 0 Å². The normalized spacial score (nSPS) is 10.4. The fourth-order valence-electron chi connectivity index (χ4n) is 1.53. The van der Waals surface area contributed by atoms with E-state index in [1.54, 1.807) is 11.8 Å². The second kappa shape index (κ2) is 5.19. The van der Waals surface area contributed by atoms with Crippen molar-refractivity contribution in [2.24, 2.45) is 5.73 Å². The van der Waals surface area contributed by atoms with E-state index in [0.717, 1.165) is 0 Å². The Morgan fingerprint density at radius 3 is 2.62 bits per heavy atom. The zero-order chi connectivity index (χ0) is 11.4. The Morgan fingerprint density at radius 2 is 1.88 bits per heavy atom. The smallest absolute Gasteiger partial charge is 0.0178 e. The van der Waals surface area contributed by atoms with Crippen molar-refractivity contribution in [1.82, 2.24) is 0 Å². The van der Waals surface area contributed by atoms with Crippen LogP contribution in [0.15, 0.2) is 58.3 Å². The minimum atomic E-state index is 0.599. The lowest BCUT2D eigenvalue weighted by Gasteiger charge is -2.06. The number of benzene rings is 2. The number of rotatable bonds is 3. The molecule has 0 unspecified atom stereocenters. The summed E-state index contributed by atoms with van der Waals surface area (Å²) in [6.07, 6.45) is 0. The van der Waals surface area contributed by atoms with Crippen molar-refractivity contribution in [3.8, 4) is 0 Å². The molecule has 0 aliphatic rings. The van der Waals surface area contributed by atoms with E-state index in [0.29, 0.717) is 6.54 Å². The molecule has 2 rings (SSSR count). The molecule has 0 radical (unpaired) electrons. The molecule has 0 bridgehead atoms. The maximum Gasteiger partial charge on any atom is 0.0178 e. The molecule has 2 aromatic rings. The standard InChI is InChI=1S/C14H15NS/c1-11-5-2-3-8-14(11)16-13-7-4-6-12(9-13)10-15/h2-9H,10,15H2,1H3. The highest BCUT2D eigenvalue weighted by atomic mass is 32.2. The van der Waals surface area contributed by atoms with Gasteiger partial charge in [-0.15, -0.1) is 0 Å². The molecule has 0 aliphatic heterocycles. The molecule has 0 spiro atoms. The van der Waals surface area contributed by atoms with E-state index >= 15 is 0 Å². The molecule has 2 N–H and O–H groups in total. The first kappa shape index (κ1) is 11.2. The Kier molecular flexibility index (Phi) is 3.65. The van der Waals surface area contributed by atoms with Gasteiger partial charge in [0.25, 0.3) is 0 Å². The van der Waals surface area contributed by atoms with Gasteiger partial charge in [0.05, 0.1) is 0 Å². The van der Waals surface area contributed by atoms with Crippen molar-refractivity contribution in [2.45, 2.75) is 23.3 Å². The van der Waals surface area contributed by atoms with E-state index in [9.17, 15) is 0 Å². The molecule has 0 aromatic heterocycles. The molecule has 82 valence electrons. The summed E-state index contributed by atoms with van der Waals surface area (Å²) in [7, 11) is 0. The Morgan fingerprint density at radius 1 is 1.06 bits per heavy atom. The number of hydrogen-bond donors (Lipinski definition) is 1. The summed E-state index contributed by atoms with van der Waals surface area (Å²) in [6.45, 7) is 2.73. The largest absolute Gasteiger partial charge is 0.326 e. The van der Waals surface area contributed by atoms with Crippen LogP contribution in [0.4, 0.5) is 0 Å². The molecule has 0 amide bonds. The first-order chi connectivity index (χ1) is 7.79. The summed E-state index contributed by atoms with van der Waals surface area (Å²) in [5, 5.41) is 0. The lowest BCUT2D eigenvalue weighted by molar-refractivity contribution is 1.06. The molecular weight excluding hydrogens is 214 g/mol. The maximum absolute atomic E-state index is 5.63. The average Bonchev–Trinajstić information content (AvgIpc) is 2.32. The van der Waals surface area contributed by atoms with Crippen molar-refractivity contribution in [3.05, 3.63) is 59.7 Å². The predicted molar refractivity (Wildman–Crippen MR) is 69.6 cm³/mol. The van der Waals surface area contributed by atoms with Gasteiger partial charge in [0, 0.05) is 16.3 Å². The van der Waals surface area contributed by atoms with Crippen molar-refractivity contribution >= 4 is 11.8 Å². The third-order valence-corrected chi connectivity index (χ3v) is 3.62. The minimum absolute atomic E-state index is 0.599. The van der Waals surface area contributed by atoms with Gasteiger partial charge in [-0.25, -0.2) is 0 Å². The van der Waals surface area contributed by atoms with Gasteiger partial charge >= 0.3 is 0 Å². The summed E-state index contributed by atoms with van der Waals surface area (Å²) in [5.41, 5.74) is 8.12. The molecule has 1 nitrogen and oxygen atoms in total. The van der Waals surface area contributed by atoms with Crippen LogP contribution in [0.5, 0.6) is 0 Å². The second-order valence-corrected chi connectivity index (χ2v) is 4.83. The monoisotopic (exact) mass is 229 g/mol. The van der Waals surface area contributed by atoms with Gasteiger partial charge in [-0.1, -0.05) is 42.1 Å². The van der Waals surface area contributed by atoms with E-state index in [1.807, 2.05) is 0 Å². The molecule has 0 fully saturated rings. The summed E-state index contributed by atoms with van der Waals surface area (Å²) in [4.78, 5) is 2.55. The fourth-order valence-corrected chi connectivity index (χ4v) is 2.52. The van der Waals surface area contributed by atoms with Gasteiger partial charge in [-0.3, -0.25) is 0 Å². The molecule has 2 aromatic carbocycles. The van der Waals surface area contributed by atoms with Crippen molar-refractivity contribution in [1.29, 1.82) is 0 Å². The molecular formula is C14H15NS. The summed E-state index contributed by atoms with van der Waals surface area (Å²) in [6, 6.07) is 16.8. The van der Waals surface area contributed by atoms with Gasteiger partial charge in [0.1, 0.15) is 0 Å². The van der Waals surface area contributed by atoms with Crippen LogP contribution in [0.2, 0.25) is 0 Å². The number of hydrogen-bond acceptors (Lipinski definition) is 2. The summed E-state index contributed by atoms with van der Waals surface area (Å²) in [5.74, 6) is 0. The van der Waals surface area contributed by atoms with Crippen LogP contribution >= 0.6 is 11.8 Å². The maximum atomic E-state index is 5.63. The highest BCUT2D eigenvalue weighted by Crippen LogP contribution is 2.30. The van der Waals surface area contributed by atoms with Gasteiger partial charge < -0.3 is 5.73 Å². The molecule has 0 atom stereocenters. The molecule has 0 aliphatic carbocycles. The van der Waals surface area contributed by atoms with Crippen LogP contribution in [0, 0.1) is 6.92 Å². The molecule has 0 heterocycles. The number of nitrogens with two attached hydrogens (primary N) is 1. The second-order valence-electron chi connectivity index (χ2n) is 3.72. The zero-order valence-corrected chi connectivity index (χ0v) is 10.1. The van der Waals surface area contributed by atoms with Crippen LogP contribution in [0.1, 0.15) is 11.1 Å². The van der Waals surface area contributed by atoms with E-state index in [-0.39, 0.29) is 0 Å². The molecule has 0 saturated carbocycles. The Bertz CT molecular complexity index is 480. The van der Waals surface area contributed by atoms with Crippen molar-refractivity contribution in [2.75, 3.05) is 0 Å². The lowest BCUT2D eigenvalue weighted by atomic mass is 10.2. The Hall–Kier alpha value is -1.25. The van der Waals surface area contributed by atoms with Gasteiger partial charge in [-0.2, -0.15) is 0 Å². The third kappa shape index (κ3) is 2.65. The van der Waals surface area contributed by atoms with Crippen LogP contribution < -0.4 is 5.73 Å². The van der Waals surface area contributed by atoms with Crippen LogP contribution in [-0.2, 0) is 6.54 Å². The summed E-state index contributed by atoms with van der Waals surface area (Å²) >= 11 is 1.79. The first-order valence-corrected chi connectivity index (χ1v) is 6.14. The molecule has 16 heavy (non-hydrogen) atoms. The van der Waals surface area contributed by atoms with Crippen LogP contribution in [0.25, 0.3) is 0 Å². The quantitative estimate of drug-likeness (QED) is 0.870. The zero-order valence-electron chi connectivity index (χ0n) is 9.31. The third-order valence-electron chi connectivity index (χ3n) is 2.46. The highest BCUT2D eigenvalue weighted by molar-refractivity contribution is 7.99. The minimum Gasteiger partial charge on any atom is -0.326 e. The number of aryl methyl sites for hydroxylation is 1. The summed E-state index contributed by atoms with van der Waals surface area (Å²) < 4.78 is 0. The Labute approximate surface area is 101 Å². The highest BCUT2D eigenvalue weighted by Gasteiger charge is 2.00. The molecule has 0 saturated heterocycles. The first-order valence-electron chi connectivity index (χ1n) is 5.32. The van der Waals surface area contributed by atoms with E-state index in [4.69, 9.17) is 5.73 Å². The Balaban J connectivity index is 2.24. The van der Waals surface area contributed by atoms with Crippen LogP contribution in [0.3, 0.4) is 0 Å². The lowest BCUT2D eigenvalue weighted by Crippen LogP contribution is -1.95. The van der Waals surface area contributed by atoms with E-state index < -0.39 is 0 Å². The van der Waals surface area contributed by atoms with Gasteiger partial charge in [0.15, 0.2) is 0 Å². The van der Waals surface area contributed by atoms with Crippen LogP contribution in [-0.4, -0.2) is 0 Å². The van der Waals surface area contributed by atoms with Crippen molar-refractivity contribution in [3.63, 3.8) is 0 Å². The fraction of sp³-hybridized carbons (Fsp3) is 0.143. The van der Waals surface area contributed by atoms with Gasteiger partial charge in [0.2, 0.25) is 0 Å².